The minimum Gasteiger partial charge on any atom is -0.256 e. The summed E-state index contributed by atoms with van der Waals surface area (Å²) in [5.41, 5.74) is 0.561. The molecule has 0 aromatic carbocycles. The Morgan fingerprint density at radius 3 is 2.58 bits per heavy atom. The highest BCUT2D eigenvalue weighted by Gasteiger charge is 2.19. The van der Waals surface area contributed by atoms with E-state index in [9.17, 15) is 8.42 Å². The molecular formula is C5H8ClN3O2S. The lowest BCUT2D eigenvalue weighted by Gasteiger charge is -2.01. The van der Waals surface area contributed by atoms with Gasteiger partial charge in [0.15, 0.2) is 5.03 Å². The Morgan fingerprint density at radius 1 is 1.67 bits per heavy atom. The van der Waals surface area contributed by atoms with Crippen LogP contribution in [0.25, 0.3) is 0 Å². The molecule has 1 aromatic rings. The predicted octanol–water partition coefficient (Wildman–Crippen LogP) is 0.161. The average molecular weight is 210 g/mol. The summed E-state index contributed by atoms with van der Waals surface area (Å²) >= 11 is 5.05. The van der Waals surface area contributed by atoms with E-state index in [0.717, 1.165) is 0 Å². The van der Waals surface area contributed by atoms with Crippen LogP contribution in [0.15, 0.2) is 11.2 Å². The van der Waals surface area contributed by atoms with E-state index in [1.807, 2.05) is 0 Å². The third kappa shape index (κ3) is 1.45. The van der Waals surface area contributed by atoms with E-state index in [0.29, 0.717) is 5.56 Å². The fourth-order valence-electron chi connectivity index (χ4n) is 0.958. The molecule has 0 bridgehead atoms. The maximum atomic E-state index is 11.2. The lowest BCUT2D eigenvalue weighted by molar-refractivity contribution is 0.573. The lowest BCUT2D eigenvalue weighted by atomic mass is 10.4. The molecule has 68 valence electrons. The molecule has 5 nitrogen and oxygen atoms in total. The molecule has 1 rings (SSSR count). The second-order valence-corrected chi connectivity index (χ2v) is 4.35. The van der Waals surface area contributed by atoms with Crippen LogP contribution in [0, 0.1) is 6.92 Å². The molecule has 0 saturated carbocycles. The molecule has 0 aliphatic carbocycles. The van der Waals surface area contributed by atoms with Gasteiger partial charge in [0.2, 0.25) is 0 Å². The average Bonchev–Trinajstić information content (AvgIpc) is 2.31. The first-order chi connectivity index (χ1) is 5.49. The second kappa shape index (κ2) is 3.04. The number of nitrogens with one attached hydrogen (secondary N) is 1. The summed E-state index contributed by atoms with van der Waals surface area (Å²) in [6, 6.07) is 0. The molecule has 1 N–H and O–H groups in total. The van der Waals surface area contributed by atoms with Crippen LogP contribution in [0.4, 0.5) is 0 Å². The van der Waals surface area contributed by atoms with Crippen molar-refractivity contribution < 1.29 is 8.42 Å². The number of halogens is 1. The minimum absolute atomic E-state index is 0.0810. The van der Waals surface area contributed by atoms with Gasteiger partial charge in [-0.1, -0.05) is 0 Å². The molecule has 1 heterocycles. The highest BCUT2D eigenvalue weighted by molar-refractivity contribution is 7.90. The van der Waals surface area contributed by atoms with E-state index < -0.39 is 10.0 Å². The maximum absolute atomic E-state index is 11.2. The molecule has 0 saturated heterocycles. The van der Waals surface area contributed by atoms with Crippen molar-refractivity contribution in [2.75, 3.05) is 0 Å². The molecule has 1 aromatic heterocycles. The Labute approximate surface area is 75.5 Å². The normalized spacial score (nSPS) is 11.9. The van der Waals surface area contributed by atoms with E-state index in [1.165, 1.54) is 17.9 Å². The summed E-state index contributed by atoms with van der Waals surface area (Å²) < 4.78 is 25.4. The Morgan fingerprint density at radius 2 is 2.25 bits per heavy atom. The van der Waals surface area contributed by atoms with Gasteiger partial charge in [-0.25, -0.2) is 8.42 Å². The molecular weight excluding hydrogens is 202 g/mol. The minimum atomic E-state index is -3.60. The summed E-state index contributed by atoms with van der Waals surface area (Å²) in [6.45, 7) is 1.65. The standard InChI is InChI=1S/C5H8ClN3O2S/c1-4-3-7-9(2)5(4)12(10,11)8-6/h3,8H,1-2H3. The van der Waals surface area contributed by atoms with Gasteiger partial charge in [-0.3, -0.25) is 4.68 Å². The molecule has 0 aliphatic rings. The monoisotopic (exact) mass is 209 g/mol. The molecule has 0 atom stereocenters. The fourth-order valence-corrected chi connectivity index (χ4v) is 2.12. The number of aryl methyl sites for hydroxylation is 2. The molecule has 0 fully saturated rings. The van der Waals surface area contributed by atoms with Gasteiger partial charge in [-0.05, 0) is 18.7 Å². The number of sulfonamides is 1. The molecule has 12 heavy (non-hydrogen) atoms. The van der Waals surface area contributed by atoms with Crippen molar-refractivity contribution in [2.24, 2.45) is 7.05 Å². The first kappa shape index (κ1) is 9.50. The van der Waals surface area contributed by atoms with Crippen LogP contribution in [0.2, 0.25) is 0 Å². The molecule has 0 spiro atoms. The highest BCUT2D eigenvalue weighted by atomic mass is 35.5. The van der Waals surface area contributed by atoms with Crippen molar-refractivity contribution in [1.82, 2.24) is 14.0 Å². The Balaban J connectivity index is 3.37. The molecule has 7 heteroatoms. The van der Waals surface area contributed by atoms with Crippen LogP contribution in [-0.4, -0.2) is 18.2 Å². The summed E-state index contributed by atoms with van der Waals surface area (Å²) in [4.78, 5) is 0. The van der Waals surface area contributed by atoms with Crippen molar-refractivity contribution in [3.05, 3.63) is 11.8 Å². The van der Waals surface area contributed by atoms with Crippen molar-refractivity contribution in [2.45, 2.75) is 11.9 Å². The number of hydrogen-bond donors (Lipinski definition) is 1. The number of rotatable bonds is 2. The molecule has 0 aliphatic heterocycles. The van der Waals surface area contributed by atoms with Gasteiger partial charge in [0.1, 0.15) is 0 Å². The van der Waals surface area contributed by atoms with Crippen LogP contribution < -0.4 is 4.24 Å². The van der Waals surface area contributed by atoms with E-state index in [-0.39, 0.29) is 5.03 Å². The highest BCUT2D eigenvalue weighted by Crippen LogP contribution is 2.12. The summed E-state index contributed by atoms with van der Waals surface area (Å²) in [6.07, 6.45) is 1.46. The fraction of sp³-hybridized carbons (Fsp3) is 0.400. The van der Waals surface area contributed by atoms with Gasteiger partial charge in [-0.2, -0.15) is 5.10 Å². The summed E-state index contributed by atoms with van der Waals surface area (Å²) in [7, 11) is -2.06. The van der Waals surface area contributed by atoms with Crippen molar-refractivity contribution >= 4 is 21.8 Å². The van der Waals surface area contributed by atoms with Gasteiger partial charge in [0.25, 0.3) is 10.0 Å². The van der Waals surface area contributed by atoms with E-state index in [1.54, 1.807) is 11.2 Å². The molecule has 0 unspecified atom stereocenters. The number of nitrogens with zero attached hydrogens (tertiary/aromatic N) is 2. The maximum Gasteiger partial charge on any atom is 0.271 e. The van der Waals surface area contributed by atoms with E-state index in [2.05, 4.69) is 5.10 Å². The largest absolute Gasteiger partial charge is 0.271 e. The van der Waals surface area contributed by atoms with Gasteiger partial charge >= 0.3 is 0 Å². The second-order valence-electron chi connectivity index (χ2n) is 2.34. The smallest absolute Gasteiger partial charge is 0.256 e. The molecule has 0 radical (unpaired) electrons. The number of hydrogen-bond acceptors (Lipinski definition) is 3. The van der Waals surface area contributed by atoms with E-state index in [4.69, 9.17) is 11.8 Å². The quantitative estimate of drug-likeness (QED) is 0.706. The van der Waals surface area contributed by atoms with Crippen molar-refractivity contribution in [3.8, 4) is 0 Å². The van der Waals surface area contributed by atoms with Gasteiger partial charge in [0.05, 0.1) is 6.20 Å². The van der Waals surface area contributed by atoms with Crippen molar-refractivity contribution in [1.29, 1.82) is 0 Å². The van der Waals surface area contributed by atoms with Gasteiger partial charge in [0, 0.05) is 12.6 Å². The van der Waals surface area contributed by atoms with Crippen LogP contribution in [0.3, 0.4) is 0 Å². The third-order valence-corrected chi connectivity index (χ3v) is 3.32. The van der Waals surface area contributed by atoms with Gasteiger partial charge < -0.3 is 0 Å². The topological polar surface area (TPSA) is 64.0 Å². The SMILES string of the molecule is Cc1cnn(C)c1S(=O)(=O)NCl. The van der Waals surface area contributed by atoms with Gasteiger partial charge in [-0.15, -0.1) is 4.24 Å². The summed E-state index contributed by atoms with van der Waals surface area (Å²) in [5.74, 6) is 0. The Bertz CT molecular complexity index is 364. The number of aromatic nitrogens is 2. The lowest BCUT2D eigenvalue weighted by Crippen LogP contribution is -2.18. The third-order valence-electron chi connectivity index (χ3n) is 1.41. The van der Waals surface area contributed by atoms with E-state index >= 15 is 0 Å². The summed E-state index contributed by atoms with van der Waals surface area (Å²) in [5, 5.41) is 3.85. The zero-order chi connectivity index (χ0) is 9.35. The van der Waals surface area contributed by atoms with Crippen LogP contribution in [0.1, 0.15) is 5.56 Å². The first-order valence-electron chi connectivity index (χ1n) is 3.10. The zero-order valence-electron chi connectivity index (χ0n) is 6.57. The van der Waals surface area contributed by atoms with Crippen LogP contribution in [0.5, 0.6) is 0 Å². The Hall–Kier alpha value is -0.590. The predicted molar refractivity (Wildman–Crippen MR) is 44.1 cm³/mol. The van der Waals surface area contributed by atoms with Crippen LogP contribution in [-0.2, 0) is 17.1 Å². The van der Waals surface area contributed by atoms with Crippen molar-refractivity contribution in [3.63, 3.8) is 0 Å². The van der Waals surface area contributed by atoms with Crippen LogP contribution >= 0.6 is 11.8 Å². The first-order valence-corrected chi connectivity index (χ1v) is 4.96. The molecule has 0 amide bonds. The zero-order valence-corrected chi connectivity index (χ0v) is 8.15. The Kier molecular flexibility index (Phi) is 2.41.